The van der Waals surface area contributed by atoms with Gasteiger partial charge in [-0.1, -0.05) is 13.0 Å². The monoisotopic (exact) mass is 302 g/mol. The molecule has 2 N–H and O–H groups in total. The Hall–Kier alpha value is -2.70. The first-order valence-electron chi connectivity index (χ1n) is 6.91. The first-order valence-corrected chi connectivity index (χ1v) is 6.91. The van der Waals surface area contributed by atoms with Gasteiger partial charge in [0.1, 0.15) is 5.54 Å². The van der Waals surface area contributed by atoms with Crippen molar-refractivity contribution in [2.24, 2.45) is 0 Å². The van der Waals surface area contributed by atoms with E-state index in [2.05, 4.69) is 15.4 Å². The van der Waals surface area contributed by atoms with Crippen LogP contribution >= 0.6 is 0 Å². The summed E-state index contributed by atoms with van der Waals surface area (Å²) in [5, 5.41) is 15.9. The molecule has 0 aliphatic rings. The van der Waals surface area contributed by atoms with E-state index in [1.165, 1.54) is 13.1 Å². The number of carboxylic acids is 1. The Morgan fingerprint density at radius 2 is 2.14 bits per heavy atom. The summed E-state index contributed by atoms with van der Waals surface area (Å²) in [5.41, 5.74) is -0.386. The fraction of sp³-hybridized carbons (Fsp3) is 0.333. The lowest BCUT2D eigenvalue weighted by molar-refractivity contribution is -0.143. The molecule has 0 spiro atoms. The van der Waals surface area contributed by atoms with Crippen LogP contribution in [0.2, 0.25) is 0 Å². The molecule has 7 nitrogen and oxygen atoms in total. The van der Waals surface area contributed by atoms with Crippen LogP contribution in [0.3, 0.4) is 0 Å². The quantitative estimate of drug-likeness (QED) is 0.873. The number of amides is 1. The van der Waals surface area contributed by atoms with Crippen molar-refractivity contribution in [1.29, 1.82) is 0 Å². The minimum absolute atomic E-state index is 0.279. The number of hydrogen-bond acceptors (Lipinski definition) is 4. The van der Waals surface area contributed by atoms with Crippen molar-refractivity contribution in [3.8, 4) is 5.82 Å². The lowest BCUT2D eigenvalue weighted by Crippen LogP contribution is -2.51. The van der Waals surface area contributed by atoms with Crippen LogP contribution in [-0.2, 0) is 4.79 Å². The molecule has 2 aromatic rings. The highest BCUT2D eigenvalue weighted by Crippen LogP contribution is 2.15. The molecule has 2 rings (SSSR count). The molecule has 0 fully saturated rings. The molecule has 0 aliphatic carbocycles. The van der Waals surface area contributed by atoms with Crippen molar-refractivity contribution >= 4 is 11.9 Å². The van der Waals surface area contributed by atoms with Crippen LogP contribution in [0.5, 0.6) is 0 Å². The van der Waals surface area contributed by atoms with Gasteiger partial charge in [-0.25, -0.2) is 14.5 Å². The van der Waals surface area contributed by atoms with Crippen molar-refractivity contribution in [2.45, 2.75) is 32.7 Å². The molecule has 0 saturated carbocycles. The lowest BCUT2D eigenvalue weighted by Gasteiger charge is -2.24. The van der Waals surface area contributed by atoms with Crippen LogP contribution in [0.25, 0.3) is 5.82 Å². The largest absolute Gasteiger partial charge is 0.480 e. The average Bonchev–Trinajstić information content (AvgIpc) is 2.89. The van der Waals surface area contributed by atoms with Gasteiger partial charge in [0.2, 0.25) is 0 Å². The number of rotatable bonds is 5. The molecule has 1 amide bonds. The average molecular weight is 302 g/mol. The summed E-state index contributed by atoms with van der Waals surface area (Å²) in [6.07, 6.45) is 3.33. The second-order valence-corrected chi connectivity index (χ2v) is 5.19. The molecule has 2 heterocycles. The van der Waals surface area contributed by atoms with E-state index in [0.717, 1.165) is 0 Å². The van der Waals surface area contributed by atoms with Crippen LogP contribution in [0.15, 0.2) is 30.6 Å². The zero-order valence-corrected chi connectivity index (χ0v) is 12.7. The van der Waals surface area contributed by atoms with Crippen molar-refractivity contribution < 1.29 is 14.7 Å². The minimum Gasteiger partial charge on any atom is -0.480 e. The Morgan fingerprint density at radius 3 is 2.68 bits per heavy atom. The second kappa shape index (κ2) is 5.97. The third-order valence-electron chi connectivity index (χ3n) is 3.69. The second-order valence-electron chi connectivity index (χ2n) is 5.19. The molecular formula is C15H18N4O3. The van der Waals surface area contributed by atoms with Gasteiger partial charge in [0.15, 0.2) is 5.82 Å². The van der Waals surface area contributed by atoms with Crippen molar-refractivity contribution in [3.05, 3.63) is 41.9 Å². The number of nitrogens with zero attached hydrogens (tertiary/aromatic N) is 3. The molecule has 116 valence electrons. The Balaban J connectivity index is 2.29. The molecule has 2 aromatic heterocycles. The summed E-state index contributed by atoms with van der Waals surface area (Å²) >= 11 is 0. The van der Waals surface area contributed by atoms with E-state index < -0.39 is 17.4 Å². The van der Waals surface area contributed by atoms with Crippen LogP contribution in [-0.4, -0.2) is 37.3 Å². The molecule has 22 heavy (non-hydrogen) atoms. The van der Waals surface area contributed by atoms with Gasteiger partial charge in [0, 0.05) is 6.20 Å². The fourth-order valence-electron chi connectivity index (χ4n) is 1.95. The van der Waals surface area contributed by atoms with Crippen LogP contribution < -0.4 is 5.32 Å². The summed E-state index contributed by atoms with van der Waals surface area (Å²) in [6, 6.07) is 5.38. The van der Waals surface area contributed by atoms with E-state index in [-0.39, 0.29) is 6.42 Å². The minimum atomic E-state index is -1.31. The predicted molar refractivity (Wildman–Crippen MR) is 79.9 cm³/mol. The summed E-state index contributed by atoms with van der Waals surface area (Å²) in [7, 11) is 0. The van der Waals surface area contributed by atoms with E-state index in [4.69, 9.17) is 0 Å². The molecule has 0 saturated heterocycles. The number of pyridine rings is 1. The normalized spacial score (nSPS) is 13.4. The van der Waals surface area contributed by atoms with E-state index in [9.17, 15) is 14.7 Å². The maximum Gasteiger partial charge on any atom is 0.329 e. The zero-order chi connectivity index (χ0) is 16.3. The Morgan fingerprint density at radius 1 is 1.41 bits per heavy atom. The van der Waals surface area contributed by atoms with Crippen molar-refractivity contribution in [3.63, 3.8) is 0 Å². The molecule has 7 heteroatoms. The predicted octanol–water partition coefficient (Wildman–Crippen LogP) is 1.56. The molecule has 0 aromatic carbocycles. The number of carboxylic acid groups (broad SMARTS) is 1. The fourth-order valence-corrected chi connectivity index (χ4v) is 1.95. The third-order valence-corrected chi connectivity index (χ3v) is 3.69. The van der Waals surface area contributed by atoms with Crippen LogP contribution in [0.4, 0.5) is 0 Å². The molecule has 0 bridgehead atoms. The number of carbonyl (C=O) groups excluding carboxylic acids is 1. The van der Waals surface area contributed by atoms with E-state index in [1.807, 2.05) is 6.07 Å². The maximum atomic E-state index is 12.3. The van der Waals surface area contributed by atoms with E-state index in [1.54, 1.807) is 36.9 Å². The highest BCUT2D eigenvalue weighted by molar-refractivity contribution is 5.98. The Bertz CT molecular complexity index is 696. The van der Waals surface area contributed by atoms with Gasteiger partial charge in [-0.15, -0.1) is 0 Å². The van der Waals surface area contributed by atoms with Gasteiger partial charge in [-0.05, 0) is 32.4 Å². The standard InChI is InChI=1S/C15H18N4O3/c1-4-15(3,14(21)22)18-13(20)11-9-17-19(10(11)2)12-7-5-6-8-16-12/h5-9H,4H2,1-3H3,(H,18,20)(H,21,22). The van der Waals surface area contributed by atoms with Crippen LogP contribution in [0, 0.1) is 6.92 Å². The molecule has 1 atom stereocenters. The highest BCUT2D eigenvalue weighted by atomic mass is 16.4. The summed E-state index contributed by atoms with van der Waals surface area (Å²) in [5.74, 6) is -0.944. The van der Waals surface area contributed by atoms with Gasteiger partial charge in [-0.3, -0.25) is 4.79 Å². The smallest absolute Gasteiger partial charge is 0.329 e. The van der Waals surface area contributed by atoms with Crippen LogP contribution in [0.1, 0.15) is 36.3 Å². The first-order chi connectivity index (χ1) is 10.4. The molecule has 1 unspecified atom stereocenters. The number of nitrogens with one attached hydrogen (secondary N) is 1. The third kappa shape index (κ3) is 2.83. The lowest BCUT2D eigenvalue weighted by atomic mass is 9.98. The summed E-state index contributed by atoms with van der Waals surface area (Å²) in [6.45, 7) is 4.92. The van der Waals surface area contributed by atoms with Crippen molar-refractivity contribution in [1.82, 2.24) is 20.1 Å². The SMILES string of the molecule is CCC(C)(NC(=O)c1cnn(-c2ccccn2)c1C)C(=O)O. The molecule has 0 aliphatic heterocycles. The van der Waals surface area contributed by atoms with Gasteiger partial charge >= 0.3 is 5.97 Å². The number of carbonyl (C=O) groups is 2. The molecular weight excluding hydrogens is 284 g/mol. The first kappa shape index (κ1) is 15.7. The zero-order valence-electron chi connectivity index (χ0n) is 12.7. The number of aliphatic carboxylic acids is 1. The van der Waals surface area contributed by atoms with E-state index in [0.29, 0.717) is 17.1 Å². The topological polar surface area (TPSA) is 97.1 Å². The molecule has 0 radical (unpaired) electrons. The van der Waals surface area contributed by atoms with E-state index >= 15 is 0 Å². The maximum absolute atomic E-state index is 12.3. The Kier molecular flexibility index (Phi) is 4.25. The number of aromatic nitrogens is 3. The summed E-state index contributed by atoms with van der Waals surface area (Å²) < 4.78 is 1.54. The van der Waals surface area contributed by atoms with Gasteiger partial charge < -0.3 is 10.4 Å². The van der Waals surface area contributed by atoms with Gasteiger partial charge in [0.25, 0.3) is 5.91 Å². The van der Waals surface area contributed by atoms with Gasteiger partial charge in [0.05, 0.1) is 17.5 Å². The Labute approximate surface area is 128 Å². The van der Waals surface area contributed by atoms with Gasteiger partial charge in [-0.2, -0.15) is 5.10 Å². The van der Waals surface area contributed by atoms with Crippen molar-refractivity contribution in [2.75, 3.05) is 0 Å². The summed E-state index contributed by atoms with van der Waals surface area (Å²) in [4.78, 5) is 27.8. The highest BCUT2D eigenvalue weighted by Gasteiger charge is 2.33. The number of hydrogen-bond donors (Lipinski definition) is 2.